The SMILES string of the molecule is CB1OC(COc2cccc3[nH]ccc23)CN1C(C)C. The maximum absolute atomic E-state index is 5.97. The highest BCUT2D eigenvalue weighted by Crippen LogP contribution is 2.25. The molecule has 0 aliphatic carbocycles. The van der Waals surface area contributed by atoms with Crippen molar-refractivity contribution in [3.8, 4) is 5.75 Å². The monoisotopic (exact) mass is 272 g/mol. The number of rotatable bonds is 4. The quantitative estimate of drug-likeness (QED) is 0.870. The average Bonchev–Trinajstić information content (AvgIpc) is 3.02. The zero-order valence-electron chi connectivity index (χ0n) is 12.3. The van der Waals surface area contributed by atoms with Gasteiger partial charge in [-0.2, -0.15) is 0 Å². The minimum absolute atomic E-state index is 0.140. The van der Waals surface area contributed by atoms with Crippen LogP contribution in [0.4, 0.5) is 0 Å². The van der Waals surface area contributed by atoms with Gasteiger partial charge in [-0.15, -0.1) is 0 Å². The van der Waals surface area contributed by atoms with E-state index in [1.807, 2.05) is 24.4 Å². The molecule has 0 spiro atoms. The molecule has 1 unspecified atom stereocenters. The second kappa shape index (κ2) is 5.50. The summed E-state index contributed by atoms with van der Waals surface area (Å²) in [7, 11) is 0.173. The smallest absolute Gasteiger partial charge is 0.379 e. The summed E-state index contributed by atoms with van der Waals surface area (Å²) >= 11 is 0. The number of ether oxygens (including phenoxy) is 1. The van der Waals surface area contributed by atoms with E-state index < -0.39 is 0 Å². The van der Waals surface area contributed by atoms with Gasteiger partial charge in [-0.25, -0.2) is 0 Å². The molecule has 0 radical (unpaired) electrons. The first-order chi connectivity index (χ1) is 9.65. The summed E-state index contributed by atoms with van der Waals surface area (Å²) in [4.78, 5) is 5.55. The van der Waals surface area contributed by atoms with Crippen molar-refractivity contribution in [2.45, 2.75) is 32.8 Å². The molecule has 1 atom stereocenters. The number of hydrogen-bond donors (Lipinski definition) is 1. The number of nitrogens with zero attached hydrogens (tertiary/aromatic N) is 1. The van der Waals surface area contributed by atoms with Crippen molar-refractivity contribution >= 4 is 18.0 Å². The van der Waals surface area contributed by atoms with Crippen molar-refractivity contribution < 1.29 is 9.39 Å². The summed E-state index contributed by atoms with van der Waals surface area (Å²) < 4.78 is 11.9. The van der Waals surface area contributed by atoms with Crippen LogP contribution in [0.15, 0.2) is 30.5 Å². The molecule has 20 heavy (non-hydrogen) atoms. The van der Waals surface area contributed by atoms with Gasteiger partial charge in [0.1, 0.15) is 12.4 Å². The first-order valence-corrected chi connectivity index (χ1v) is 7.25. The molecule has 0 bridgehead atoms. The molecule has 1 aromatic carbocycles. The summed E-state index contributed by atoms with van der Waals surface area (Å²) in [5, 5.41) is 1.12. The molecule has 5 heteroatoms. The van der Waals surface area contributed by atoms with Gasteiger partial charge >= 0.3 is 7.05 Å². The molecule has 1 aliphatic heterocycles. The molecule has 2 aromatic rings. The van der Waals surface area contributed by atoms with Crippen LogP contribution >= 0.6 is 0 Å². The molecule has 2 heterocycles. The Morgan fingerprint density at radius 1 is 1.45 bits per heavy atom. The summed E-state index contributed by atoms with van der Waals surface area (Å²) in [6.07, 6.45) is 2.08. The van der Waals surface area contributed by atoms with Gasteiger partial charge in [0.25, 0.3) is 0 Å². The van der Waals surface area contributed by atoms with Crippen LogP contribution < -0.4 is 4.74 Å². The number of aromatic amines is 1. The molecule has 0 saturated carbocycles. The lowest BCUT2D eigenvalue weighted by Crippen LogP contribution is -2.37. The van der Waals surface area contributed by atoms with Gasteiger partial charge in [-0.1, -0.05) is 19.9 Å². The van der Waals surface area contributed by atoms with Crippen molar-refractivity contribution in [2.24, 2.45) is 0 Å². The molecule has 3 rings (SSSR count). The summed E-state index contributed by atoms with van der Waals surface area (Å²) in [5.41, 5.74) is 1.10. The molecule has 1 N–H and O–H groups in total. The van der Waals surface area contributed by atoms with Crippen molar-refractivity contribution in [3.05, 3.63) is 30.5 Å². The number of hydrogen-bond acceptors (Lipinski definition) is 3. The minimum atomic E-state index is 0.140. The summed E-state index contributed by atoms with van der Waals surface area (Å²) in [6.45, 7) is 8.03. The standard InChI is InChI=1S/C15H21BN2O2/c1-11(2)18-9-12(20-16(18)3)10-19-15-6-4-5-14-13(15)7-8-17-14/h4-8,11-12,17H,9-10H2,1-3H3. The maximum atomic E-state index is 5.97. The number of benzene rings is 1. The van der Waals surface area contributed by atoms with Crippen molar-refractivity contribution in [3.63, 3.8) is 0 Å². The Kier molecular flexibility index (Phi) is 3.72. The normalized spacial score (nSPS) is 20.2. The zero-order chi connectivity index (χ0) is 14.1. The second-order valence-electron chi connectivity index (χ2n) is 5.65. The van der Waals surface area contributed by atoms with Gasteiger partial charge < -0.3 is 19.2 Å². The topological polar surface area (TPSA) is 37.5 Å². The van der Waals surface area contributed by atoms with Gasteiger partial charge in [-0.05, 0) is 31.1 Å². The van der Waals surface area contributed by atoms with Crippen LogP contribution in [0.3, 0.4) is 0 Å². The second-order valence-corrected chi connectivity index (χ2v) is 5.65. The van der Waals surface area contributed by atoms with E-state index in [1.165, 1.54) is 0 Å². The first kappa shape index (κ1) is 13.5. The van der Waals surface area contributed by atoms with Crippen LogP contribution in [0.2, 0.25) is 6.82 Å². The van der Waals surface area contributed by atoms with Crippen LogP contribution in [-0.4, -0.2) is 42.1 Å². The lowest BCUT2D eigenvalue weighted by atomic mass is 9.84. The van der Waals surface area contributed by atoms with Crippen LogP contribution in [0.5, 0.6) is 5.75 Å². The maximum Gasteiger partial charge on any atom is 0.379 e. The Balaban J connectivity index is 1.64. The fourth-order valence-corrected chi connectivity index (χ4v) is 2.87. The Morgan fingerprint density at radius 2 is 2.30 bits per heavy atom. The average molecular weight is 272 g/mol. The molecule has 1 aromatic heterocycles. The van der Waals surface area contributed by atoms with Crippen molar-refractivity contribution in [2.75, 3.05) is 13.2 Å². The molecule has 1 fully saturated rings. The third-order valence-corrected chi connectivity index (χ3v) is 3.91. The van der Waals surface area contributed by atoms with E-state index in [0.717, 1.165) is 23.2 Å². The lowest BCUT2D eigenvalue weighted by molar-refractivity contribution is 0.152. The predicted molar refractivity (Wildman–Crippen MR) is 82.1 cm³/mol. The number of nitrogens with one attached hydrogen (secondary N) is 1. The predicted octanol–water partition coefficient (Wildman–Crippen LogP) is 2.77. The number of aromatic nitrogens is 1. The van der Waals surface area contributed by atoms with E-state index in [0.29, 0.717) is 12.6 Å². The van der Waals surface area contributed by atoms with Crippen LogP contribution in [0.1, 0.15) is 13.8 Å². The van der Waals surface area contributed by atoms with E-state index >= 15 is 0 Å². The van der Waals surface area contributed by atoms with Crippen molar-refractivity contribution in [1.29, 1.82) is 0 Å². The van der Waals surface area contributed by atoms with E-state index in [4.69, 9.17) is 9.39 Å². The van der Waals surface area contributed by atoms with Crippen LogP contribution in [0.25, 0.3) is 10.9 Å². The van der Waals surface area contributed by atoms with Gasteiger partial charge in [-0.3, -0.25) is 0 Å². The highest BCUT2D eigenvalue weighted by molar-refractivity contribution is 6.47. The highest BCUT2D eigenvalue weighted by Gasteiger charge is 2.35. The highest BCUT2D eigenvalue weighted by atomic mass is 16.5. The Labute approximate surface area is 120 Å². The Bertz CT molecular complexity index is 584. The molecular formula is C15H21BN2O2. The zero-order valence-corrected chi connectivity index (χ0v) is 12.3. The van der Waals surface area contributed by atoms with Crippen molar-refractivity contribution in [1.82, 2.24) is 9.79 Å². The largest absolute Gasteiger partial charge is 0.490 e. The van der Waals surface area contributed by atoms with Gasteiger partial charge in [0, 0.05) is 23.6 Å². The van der Waals surface area contributed by atoms with Gasteiger partial charge in [0.2, 0.25) is 0 Å². The molecule has 4 nitrogen and oxygen atoms in total. The van der Waals surface area contributed by atoms with Gasteiger partial charge in [0.15, 0.2) is 0 Å². The number of fused-ring (bicyclic) bond motifs is 1. The Morgan fingerprint density at radius 3 is 3.05 bits per heavy atom. The van der Waals surface area contributed by atoms with E-state index in [1.54, 1.807) is 0 Å². The molecular weight excluding hydrogens is 251 g/mol. The van der Waals surface area contributed by atoms with Gasteiger partial charge in [0.05, 0.1) is 6.10 Å². The van der Waals surface area contributed by atoms with Crippen LogP contribution in [-0.2, 0) is 4.65 Å². The molecule has 106 valence electrons. The fraction of sp³-hybridized carbons (Fsp3) is 0.467. The third-order valence-electron chi connectivity index (χ3n) is 3.91. The molecule has 1 saturated heterocycles. The van der Waals surface area contributed by atoms with E-state index in [-0.39, 0.29) is 13.2 Å². The summed E-state index contributed by atoms with van der Waals surface area (Å²) in [5.74, 6) is 0.919. The van der Waals surface area contributed by atoms with E-state index in [9.17, 15) is 0 Å². The minimum Gasteiger partial charge on any atom is -0.490 e. The summed E-state index contributed by atoms with van der Waals surface area (Å²) in [6, 6.07) is 8.62. The lowest BCUT2D eigenvalue weighted by Gasteiger charge is -2.21. The van der Waals surface area contributed by atoms with E-state index in [2.05, 4.69) is 36.5 Å². The fourth-order valence-electron chi connectivity index (χ4n) is 2.87. The Hall–Kier alpha value is -1.46. The first-order valence-electron chi connectivity index (χ1n) is 7.25. The number of H-pyrrole nitrogens is 1. The molecule has 0 amide bonds. The molecule has 1 aliphatic rings. The van der Waals surface area contributed by atoms with Crippen LogP contribution in [0, 0.1) is 0 Å². The third kappa shape index (κ3) is 2.56.